The fourth-order valence-electron chi connectivity index (χ4n) is 4.53. The van der Waals surface area contributed by atoms with Gasteiger partial charge in [0.25, 0.3) is 0 Å². The molecule has 4 rings (SSSR count). The van der Waals surface area contributed by atoms with Crippen LogP contribution >= 0.6 is 0 Å². The summed E-state index contributed by atoms with van der Waals surface area (Å²) in [5.74, 6) is 0.843. The van der Waals surface area contributed by atoms with Gasteiger partial charge in [0.15, 0.2) is 0 Å². The van der Waals surface area contributed by atoms with Crippen molar-refractivity contribution in [2.24, 2.45) is 5.92 Å². The molecule has 0 radical (unpaired) electrons. The van der Waals surface area contributed by atoms with Gasteiger partial charge >= 0.3 is 0 Å². The summed E-state index contributed by atoms with van der Waals surface area (Å²) in [5, 5.41) is 6.19. The van der Waals surface area contributed by atoms with Crippen LogP contribution in [0.2, 0.25) is 0 Å². The largest absolute Gasteiger partial charge is 0.365 e. The highest BCUT2D eigenvalue weighted by Gasteiger charge is 2.29. The number of fused-ring (bicyclic) bond motifs is 1. The Morgan fingerprint density at radius 1 is 1.15 bits per heavy atom. The highest BCUT2D eigenvalue weighted by Crippen LogP contribution is 2.27. The fraction of sp³-hybridized carbons (Fsp3) is 0.522. The minimum atomic E-state index is 0.0709. The van der Waals surface area contributed by atoms with E-state index < -0.39 is 0 Å². The van der Waals surface area contributed by atoms with Crippen molar-refractivity contribution in [1.82, 2.24) is 10.2 Å². The molecule has 2 aromatic carbocycles. The van der Waals surface area contributed by atoms with E-state index in [-0.39, 0.29) is 24.7 Å². The first-order valence-corrected chi connectivity index (χ1v) is 10.3. The summed E-state index contributed by atoms with van der Waals surface area (Å²) in [6.45, 7) is 4.81. The number of benzene rings is 2. The summed E-state index contributed by atoms with van der Waals surface area (Å²) >= 11 is 0. The lowest BCUT2D eigenvalue weighted by atomic mass is 9.99. The Morgan fingerprint density at radius 3 is 2.78 bits per heavy atom. The summed E-state index contributed by atoms with van der Waals surface area (Å²) in [7, 11) is 0. The van der Waals surface area contributed by atoms with Crippen molar-refractivity contribution in [3.05, 3.63) is 48.0 Å². The number of morpholine rings is 1. The average Bonchev–Trinajstić information content (AvgIpc) is 3.21. The normalized spacial score (nSPS) is 22.5. The van der Waals surface area contributed by atoms with Crippen molar-refractivity contribution in [2.75, 3.05) is 26.2 Å². The zero-order chi connectivity index (χ0) is 18.6. The van der Waals surface area contributed by atoms with Crippen LogP contribution in [-0.2, 0) is 9.53 Å². The Kier molecular flexibility index (Phi) is 5.74. The molecular formula is C23H30N2O2. The Labute approximate surface area is 161 Å². The smallest absolute Gasteiger partial charge is 0.248 e. The molecule has 1 saturated heterocycles. The van der Waals surface area contributed by atoms with Gasteiger partial charge in [0.05, 0.1) is 6.10 Å². The van der Waals surface area contributed by atoms with Crippen molar-refractivity contribution in [1.29, 1.82) is 0 Å². The number of hydrogen-bond acceptors (Lipinski definition) is 3. The summed E-state index contributed by atoms with van der Waals surface area (Å²) in [6, 6.07) is 15.2. The molecule has 0 bridgehead atoms. The summed E-state index contributed by atoms with van der Waals surface area (Å²) in [6.07, 6.45) is 5.24. The van der Waals surface area contributed by atoms with E-state index in [1.54, 1.807) is 0 Å². The van der Waals surface area contributed by atoms with E-state index in [0.29, 0.717) is 12.5 Å². The fourth-order valence-corrected chi connectivity index (χ4v) is 4.53. The third kappa shape index (κ3) is 4.33. The van der Waals surface area contributed by atoms with Crippen LogP contribution in [0.1, 0.15) is 44.2 Å². The maximum absolute atomic E-state index is 12.2. The number of rotatable bonds is 6. The number of ether oxygens (including phenoxy) is 1. The molecule has 1 saturated carbocycles. The Hall–Kier alpha value is -1.91. The second kappa shape index (κ2) is 8.41. The first-order valence-electron chi connectivity index (χ1n) is 10.3. The standard InChI is InChI=1S/C23H30N2O2/c1-17(21-12-6-10-19-9-4-5-11-22(19)21)24-13-20-15-25(23(26)16-27-20)14-18-7-2-3-8-18/h4-6,9-12,17-18,20,24H,2-3,7-8,13-16H2,1H3/t17-,20?/m1/s1. The van der Waals surface area contributed by atoms with Gasteiger partial charge in [-0.05, 0) is 42.0 Å². The number of carbonyl (C=O) groups is 1. The third-order valence-corrected chi connectivity index (χ3v) is 6.11. The molecule has 2 aliphatic rings. The molecule has 2 fully saturated rings. The molecule has 2 atom stereocenters. The molecule has 0 spiro atoms. The van der Waals surface area contributed by atoms with Crippen LogP contribution < -0.4 is 5.32 Å². The van der Waals surface area contributed by atoms with E-state index in [4.69, 9.17) is 4.74 Å². The number of hydrogen-bond donors (Lipinski definition) is 1. The second-order valence-corrected chi connectivity index (χ2v) is 8.08. The topological polar surface area (TPSA) is 41.6 Å². The van der Waals surface area contributed by atoms with Crippen molar-refractivity contribution < 1.29 is 9.53 Å². The molecule has 144 valence electrons. The molecule has 1 aliphatic carbocycles. The molecule has 4 nitrogen and oxygen atoms in total. The van der Waals surface area contributed by atoms with Crippen LogP contribution in [0.4, 0.5) is 0 Å². The molecule has 0 aromatic heterocycles. The molecule has 1 heterocycles. The first kappa shape index (κ1) is 18.5. The van der Waals surface area contributed by atoms with Gasteiger partial charge in [-0.1, -0.05) is 55.3 Å². The van der Waals surface area contributed by atoms with E-state index in [2.05, 4.69) is 54.7 Å². The van der Waals surface area contributed by atoms with E-state index in [1.165, 1.54) is 42.0 Å². The third-order valence-electron chi connectivity index (χ3n) is 6.11. The minimum absolute atomic E-state index is 0.0709. The predicted molar refractivity (Wildman–Crippen MR) is 109 cm³/mol. The molecule has 4 heteroatoms. The van der Waals surface area contributed by atoms with Gasteiger partial charge in [-0.15, -0.1) is 0 Å². The van der Waals surface area contributed by atoms with Gasteiger partial charge in [0.2, 0.25) is 5.91 Å². The van der Waals surface area contributed by atoms with Crippen molar-refractivity contribution in [3.63, 3.8) is 0 Å². The van der Waals surface area contributed by atoms with Crippen LogP contribution in [-0.4, -0.2) is 43.2 Å². The summed E-state index contributed by atoms with van der Waals surface area (Å²) in [5.41, 5.74) is 1.31. The van der Waals surface area contributed by atoms with Gasteiger partial charge in [0.1, 0.15) is 6.61 Å². The van der Waals surface area contributed by atoms with Crippen LogP contribution in [0.3, 0.4) is 0 Å². The van der Waals surface area contributed by atoms with E-state index in [0.717, 1.165) is 13.1 Å². The number of carbonyl (C=O) groups excluding carboxylic acids is 1. The maximum atomic E-state index is 12.2. The maximum Gasteiger partial charge on any atom is 0.248 e. The zero-order valence-electron chi connectivity index (χ0n) is 16.2. The Balaban J connectivity index is 1.35. The second-order valence-electron chi connectivity index (χ2n) is 8.08. The Bertz CT molecular complexity index is 780. The van der Waals surface area contributed by atoms with Crippen LogP contribution in [0.25, 0.3) is 10.8 Å². The lowest BCUT2D eigenvalue weighted by molar-refractivity contribution is -0.149. The summed E-state index contributed by atoms with van der Waals surface area (Å²) < 4.78 is 5.80. The molecular weight excluding hydrogens is 336 g/mol. The van der Waals surface area contributed by atoms with E-state index >= 15 is 0 Å². The van der Waals surface area contributed by atoms with Crippen molar-refractivity contribution in [3.8, 4) is 0 Å². The van der Waals surface area contributed by atoms with Gasteiger partial charge in [-0.25, -0.2) is 0 Å². The molecule has 1 amide bonds. The van der Waals surface area contributed by atoms with E-state index in [9.17, 15) is 4.79 Å². The zero-order valence-corrected chi connectivity index (χ0v) is 16.2. The van der Waals surface area contributed by atoms with Crippen LogP contribution in [0.15, 0.2) is 42.5 Å². The summed E-state index contributed by atoms with van der Waals surface area (Å²) in [4.78, 5) is 14.3. The quantitative estimate of drug-likeness (QED) is 0.843. The lowest BCUT2D eigenvalue weighted by Crippen LogP contribution is -2.51. The highest BCUT2D eigenvalue weighted by atomic mass is 16.5. The number of nitrogens with zero attached hydrogens (tertiary/aromatic N) is 1. The average molecular weight is 367 g/mol. The molecule has 1 aliphatic heterocycles. The van der Waals surface area contributed by atoms with Gasteiger partial charge in [-0.2, -0.15) is 0 Å². The molecule has 27 heavy (non-hydrogen) atoms. The highest BCUT2D eigenvalue weighted by molar-refractivity contribution is 5.86. The van der Waals surface area contributed by atoms with Gasteiger partial charge in [-0.3, -0.25) is 4.79 Å². The lowest BCUT2D eigenvalue weighted by Gasteiger charge is -2.35. The first-order chi connectivity index (χ1) is 13.2. The minimum Gasteiger partial charge on any atom is -0.365 e. The van der Waals surface area contributed by atoms with Crippen LogP contribution in [0, 0.1) is 5.92 Å². The Morgan fingerprint density at radius 2 is 1.93 bits per heavy atom. The molecule has 1 N–H and O–H groups in total. The van der Waals surface area contributed by atoms with Crippen LogP contribution in [0.5, 0.6) is 0 Å². The van der Waals surface area contributed by atoms with Gasteiger partial charge in [0, 0.05) is 25.7 Å². The van der Waals surface area contributed by atoms with E-state index in [1.807, 2.05) is 4.90 Å². The van der Waals surface area contributed by atoms with Crippen molar-refractivity contribution >= 4 is 16.7 Å². The SMILES string of the molecule is C[C@@H](NCC1CN(CC2CCCC2)C(=O)CO1)c1cccc2ccccc12. The monoisotopic (exact) mass is 366 g/mol. The predicted octanol–water partition coefficient (Wildman–Crippen LogP) is 3.91. The number of amides is 1. The number of nitrogens with one attached hydrogen (secondary N) is 1. The van der Waals surface area contributed by atoms with Gasteiger partial charge < -0.3 is 15.0 Å². The molecule has 2 aromatic rings. The molecule has 1 unspecified atom stereocenters. The van der Waals surface area contributed by atoms with Crippen molar-refractivity contribution in [2.45, 2.75) is 44.8 Å².